The van der Waals surface area contributed by atoms with E-state index in [2.05, 4.69) is 32.6 Å². The number of methoxy groups -OCH3 is 1. The van der Waals surface area contributed by atoms with E-state index in [-0.39, 0.29) is 0 Å². The van der Waals surface area contributed by atoms with Gasteiger partial charge in [-0.05, 0) is 6.42 Å². The molecule has 0 radical (unpaired) electrons. The molecule has 7 heteroatoms. The summed E-state index contributed by atoms with van der Waals surface area (Å²) in [4.78, 5) is 8.75. The van der Waals surface area contributed by atoms with Crippen LogP contribution in [0.4, 0.5) is 17.3 Å². The zero-order valence-electron chi connectivity index (χ0n) is 12.3. The van der Waals surface area contributed by atoms with Gasteiger partial charge in [0.1, 0.15) is 18.2 Å². The van der Waals surface area contributed by atoms with Crippen LogP contribution < -0.4 is 10.6 Å². The minimum atomic E-state index is 0.373. The molecule has 2 rings (SSSR count). The van der Waals surface area contributed by atoms with Crippen molar-refractivity contribution in [1.82, 2.24) is 19.7 Å². The molecule has 0 fully saturated rings. The van der Waals surface area contributed by atoms with E-state index in [0.717, 1.165) is 29.4 Å². The lowest BCUT2D eigenvalue weighted by Crippen LogP contribution is -2.05. The van der Waals surface area contributed by atoms with Crippen molar-refractivity contribution in [2.75, 3.05) is 24.8 Å². The van der Waals surface area contributed by atoms with Crippen LogP contribution in [0, 0.1) is 0 Å². The van der Waals surface area contributed by atoms with E-state index in [1.165, 1.54) is 0 Å². The maximum Gasteiger partial charge on any atom is 0.158 e. The zero-order valence-corrected chi connectivity index (χ0v) is 12.3. The molecule has 0 atom stereocenters. The molecule has 0 amide bonds. The number of aryl methyl sites for hydroxylation is 2. The molecule has 0 unspecified atom stereocenters. The Morgan fingerprint density at radius 1 is 1.30 bits per heavy atom. The molecule has 0 aromatic carbocycles. The predicted octanol–water partition coefficient (Wildman–Crippen LogP) is 1.70. The Balaban J connectivity index is 2.29. The lowest BCUT2D eigenvalue weighted by atomic mass is 10.3. The molecule has 108 valence electrons. The summed E-state index contributed by atoms with van der Waals surface area (Å²) in [5.41, 5.74) is 1.96. The van der Waals surface area contributed by atoms with Gasteiger partial charge in [-0.2, -0.15) is 5.10 Å². The van der Waals surface area contributed by atoms with Crippen LogP contribution in [-0.2, 0) is 24.8 Å². The third-order valence-corrected chi connectivity index (χ3v) is 2.80. The second-order valence-corrected chi connectivity index (χ2v) is 4.38. The molecular weight excluding hydrogens is 256 g/mol. The Morgan fingerprint density at radius 2 is 2.05 bits per heavy atom. The number of hydrogen-bond acceptors (Lipinski definition) is 6. The molecule has 2 aromatic heterocycles. The van der Waals surface area contributed by atoms with Crippen LogP contribution in [-0.4, -0.2) is 33.9 Å². The van der Waals surface area contributed by atoms with Crippen molar-refractivity contribution < 1.29 is 4.74 Å². The van der Waals surface area contributed by atoms with E-state index >= 15 is 0 Å². The summed E-state index contributed by atoms with van der Waals surface area (Å²) in [6.45, 7) is 2.45. The second-order valence-electron chi connectivity index (χ2n) is 4.38. The van der Waals surface area contributed by atoms with Crippen LogP contribution in [0.15, 0.2) is 12.3 Å². The Hall–Kier alpha value is -2.15. The van der Waals surface area contributed by atoms with Gasteiger partial charge in [0.05, 0.1) is 11.4 Å². The van der Waals surface area contributed by atoms with Crippen molar-refractivity contribution in [3.63, 3.8) is 0 Å². The van der Waals surface area contributed by atoms with Crippen LogP contribution in [0.5, 0.6) is 0 Å². The van der Waals surface area contributed by atoms with Crippen LogP contribution >= 0.6 is 0 Å². The summed E-state index contributed by atoms with van der Waals surface area (Å²) >= 11 is 0. The summed E-state index contributed by atoms with van der Waals surface area (Å²) in [6.07, 6.45) is 2.80. The topological polar surface area (TPSA) is 76.9 Å². The summed E-state index contributed by atoms with van der Waals surface area (Å²) < 4.78 is 6.87. The van der Waals surface area contributed by atoms with Gasteiger partial charge in [-0.3, -0.25) is 4.68 Å². The highest BCUT2D eigenvalue weighted by atomic mass is 16.5. The molecule has 7 nitrogen and oxygen atoms in total. The first-order valence-electron chi connectivity index (χ1n) is 6.50. The number of hydrogen-bond donors (Lipinski definition) is 2. The average Bonchev–Trinajstić information content (AvgIpc) is 2.78. The molecular formula is C13H20N6O. The highest BCUT2D eigenvalue weighted by molar-refractivity contribution is 5.60. The molecule has 0 aliphatic heterocycles. The predicted molar refractivity (Wildman–Crippen MR) is 78.2 cm³/mol. The summed E-state index contributed by atoms with van der Waals surface area (Å²) in [7, 11) is 5.35. The van der Waals surface area contributed by atoms with Crippen molar-refractivity contribution in [3.05, 3.63) is 23.8 Å². The Morgan fingerprint density at radius 3 is 2.70 bits per heavy atom. The molecule has 0 saturated heterocycles. The van der Waals surface area contributed by atoms with E-state index in [1.54, 1.807) is 11.8 Å². The molecule has 2 N–H and O–H groups in total. The molecule has 0 aliphatic rings. The molecule has 2 aromatic rings. The quantitative estimate of drug-likeness (QED) is 0.836. The van der Waals surface area contributed by atoms with Gasteiger partial charge < -0.3 is 15.4 Å². The Bertz CT molecular complexity index is 580. The SMILES string of the molecule is CCc1nn(C)cc1Nc1cc(NC)nc(COC)n1. The summed E-state index contributed by atoms with van der Waals surface area (Å²) in [5, 5.41) is 10.7. The fourth-order valence-electron chi connectivity index (χ4n) is 1.92. The fourth-order valence-corrected chi connectivity index (χ4v) is 1.92. The molecule has 20 heavy (non-hydrogen) atoms. The minimum Gasteiger partial charge on any atom is -0.377 e. The number of rotatable bonds is 6. The number of nitrogens with one attached hydrogen (secondary N) is 2. The third-order valence-electron chi connectivity index (χ3n) is 2.80. The van der Waals surface area contributed by atoms with E-state index in [0.29, 0.717) is 12.4 Å². The van der Waals surface area contributed by atoms with E-state index in [9.17, 15) is 0 Å². The molecule has 2 heterocycles. The summed E-state index contributed by atoms with van der Waals surface area (Å²) in [6, 6.07) is 1.85. The minimum absolute atomic E-state index is 0.373. The van der Waals surface area contributed by atoms with E-state index < -0.39 is 0 Å². The standard InChI is InChI=1S/C13H20N6O/c1-5-9-10(7-19(3)18-9)15-12-6-11(14-2)16-13(17-12)8-20-4/h6-7H,5,8H2,1-4H3,(H2,14,15,16,17). The van der Waals surface area contributed by atoms with Gasteiger partial charge >= 0.3 is 0 Å². The first kappa shape index (κ1) is 14.3. The highest BCUT2D eigenvalue weighted by Gasteiger charge is 2.09. The molecule has 0 saturated carbocycles. The first-order chi connectivity index (χ1) is 9.66. The van der Waals surface area contributed by atoms with Gasteiger partial charge in [-0.25, -0.2) is 9.97 Å². The zero-order chi connectivity index (χ0) is 14.5. The largest absolute Gasteiger partial charge is 0.377 e. The van der Waals surface area contributed by atoms with Crippen LogP contribution in [0.25, 0.3) is 0 Å². The normalized spacial score (nSPS) is 10.6. The molecule has 0 bridgehead atoms. The number of aromatic nitrogens is 4. The average molecular weight is 276 g/mol. The Labute approximate surface area is 118 Å². The molecule has 0 aliphatic carbocycles. The van der Waals surface area contributed by atoms with Crippen LogP contribution in [0.1, 0.15) is 18.4 Å². The van der Waals surface area contributed by atoms with Crippen molar-refractivity contribution in [3.8, 4) is 0 Å². The highest BCUT2D eigenvalue weighted by Crippen LogP contribution is 2.20. The Kier molecular flexibility index (Phi) is 4.52. The maximum atomic E-state index is 5.08. The van der Waals surface area contributed by atoms with Gasteiger partial charge in [0.2, 0.25) is 0 Å². The third kappa shape index (κ3) is 3.24. The van der Waals surface area contributed by atoms with Crippen molar-refractivity contribution >= 4 is 17.3 Å². The van der Waals surface area contributed by atoms with Gasteiger partial charge in [-0.15, -0.1) is 0 Å². The number of anilines is 3. The van der Waals surface area contributed by atoms with Gasteiger partial charge in [0.15, 0.2) is 5.82 Å². The van der Waals surface area contributed by atoms with Crippen molar-refractivity contribution in [2.24, 2.45) is 7.05 Å². The van der Waals surface area contributed by atoms with Gasteiger partial charge in [0.25, 0.3) is 0 Å². The first-order valence-corrected chi connectivity index (χ1v) is 6.50. The lowest BCUT2D eigenvalue weighted by molar-refractivity contribution is 0.178. The van der Waals surface area contributed by atoms with E-state index in [4.69, 9.17) is 4.74 Å². The van der Waals surface area contributed by atoms with Crippen molar-refractivity contribution in [2.45, 2.75) is 20.0 Å². The smallest absolute Gasteiger partial charge is 0.158 e. The molecule has 0 spiro atoms. The number of ether oxygens (including phenoxy) is 1. The monoisotopic (exact) mass is 276 g/mol. The summed E-state index contributed by atoms with van der Waals surface area (Å²) in [5.74, 6) is 2.10. The maximum absolute atomic E-state index is 5.08. The fraction of sp³-hybridized carbons (Fsp3) is 0.462. The van der Waals surface area contributed by atoms with E-state index in [1.807, 2.05) is 26.4 Å². The number of nitrogens with zero attached hydrogens (tertiary/aromatic N) is 4. The second kappa shape index (κ2) is 6.33. The lowest BCUT2D eigenvalue weighted by Gasteiger charge is -2.09. The van der Waals surface area contributed by atoms with Gasteiger partial charge in [0, 0.05) is 33.5 Å². The van der Waals surface area contributed by atoms with Gasteiger partial charge in [-0.1, -0.05) is 6.92 Å². The van der Waals surface area contributed by atoms with Crippen LogP contribution in [0.3, 0.4) is 0 Å². The van der Waals surface area contributed by atoms with Crippen molar-refractivity contribution in [1.29, 1.82) is 0 Å². The van der Waals surface area contributed by atoms with Crippen LogP contribution in [0.2, 0.25) is 0 Å².